The lowest BCUT2D eigenvalue weighted by atomic mass is 10.1. The summed E-state index contributed by atoms with van der Waals surface area (Å²) in [5, 5.41) is 7.40. The van der Waals surface area contributed by atoms with E-state index in [1.165, 1.54) is 6.08 Å². The van der Waals surface area contributed by atoms with Crippen molar-refractivity contribution in [3.8, 4) is 16.9 Å². The van der Waals surface area contributed by atoms with Gasteiger partial charge in [0.15, 0.2) is 0 Å². The molecular weight excluding hydrogens is 406 g/mol. The first-order chi connectivity index (χ1) is 13.0. The number of nitrogens with zero attached hydrogens (tertiary/aromatic N) is 2. The lowest BCUT2D eigenvalue weighted by Crippen LogP contribution is -2.12. The molecule has 0 spiro atoms. The van der Waals surface area contributed by atoms with Crippen LogP contribution in [0.2, 0.25) is 0 Å². The summed E-state index contributed by atoms with van der Waals surface area (Å²) in [4.78, 5) is 12.5. The molecule has 0 fully saturated rings. The van der Waals surface area contributed by atoms with E-state index >= 15 is 0 Å². The number of hydrogen-bond acceptors (Lipinski definition) is 3. The van der Waals surface area contributed by atoms with Crippen LogP contribution in [0.5, 0.6) is 5.75 Å². The van der Waals surface area contributed by atoms with E-state index in [1.807, 2.05) is 62.5 Å². The van der Waals surface area contributed by atoms with Gasteiger partial charge >= 0.3 is 0 Å². The highest BCUT2D eigenvalue weighted by atomic mass is 79.9. The predicted molar refractivity (Wildman–Crippen MR) is 112 cm³/mol. The number of amides is 1. The number of carbonyl (C=O) groups is 1. The fourth-order valence-corrected chi connectivity index (χ4v) is 3.16. The minimum Gasteiger partial charge on any atom is -0.496 e. The Labute approximate surface area is 166 Å². The second kappa shape index (κ2) is 8.22. The zero-order chi connectivity index (χ0) is 19.4. The van der Waals surface area contributed by atoms with Crippen LogP contribution in [0.1, 0.15) is 11.3 Å². The SMILES string of the molecule is COc1ccccc1/C=C/C(=O)Nc1c(-c2ccc(Br)cc2)c(C)nn1C. The Morgan fingerprint density at radius 2 is 1.89 bits per heavy atom. The number of anilines is 1. The molecule has 0 aliphatic carbocycles. The molecular formula is C21H20BrN3O2. The highest BCUT2D eigenvalue weighted by Crippen LogP contribution is 2.32. The van der Waals surface area contributed by atoms with E-state index in [2.05, 4.69) is 26.3 Å². The topological polar surface area (TPSA) is 56.1 Å². The third-order valence-electron chi connectivity index (χ3n) is 4.15. The van der Waals surface area contributed by atoms with Crippen LogP contribution in [0.15, 0.2) is 59.1 Å². The van der Waals surface area contributed by atoms with Crippen molar-refractivity contribution < 1.29 is 9.53 Å². The van der Waals surface area contributed by atoms with E-state index in [-0.39, 0.29) is 5.91 Å². The molecule has 0 atom stereocenters. The molecule has 0 bridgehead atoms. The summed E-state index contributed by atoms with van der Waals surface area (Å²) in [6.45, 7) is 1.93. The predicted octanol–water partition coefficient (Wildman–Crippen LogP) is 4.82. The third kappa shape index (κ3) is 4.28. The van der Waals surface area contributed by atoms with Crippen LogP contribution in [0.25, 0.3) is 17.2 Å². The van der Waals surface area contributed by atoms with Crippen LogP contribution in [-0.2, 0) is 11.8 Å². The molecule has 5 nitrogen and oxygen atoms in total. The summed E-state index contributed by atoms with van der Waals surface area (Å²) in [6, 6.07) is 15.5. The van der Waals surface area contributed by atoms with Gasteiger partial charge in [-0.25, -0.2) is 0 Å². The molecule has 0 unspecified atom stereocenters. The maximum atomic E-state index is 12.5. The Morgan fingerprint density at radius 1 is 1.19 bits per heavy atom. The van der Waals surface area contributed by atoms with Gasteiger partial charge in [0.2, 0.25) is 5.91 Å². The van der Waals surface area contributed by atoms with Crippen molar-refractivity contribution in [3.63, 3.8) is 0 Å². The van der Waals surface area contributed by atoms with Crippen molar-refractivity contribution in [1.82, 2.24) is 9.78 Å². The lowest BCUT2D eigenvalue weighted by Gasteiger charge is -2.08. The van der Waals surface area contributed by atoms with E-state index in [4.69, 9.17) is 4.74 Å². The number of halogens is 1. The van der Waals surface area contributed by atoms with Crippen molar-refractivity contribution in [2.45, 2.75) is 6.92 Å². The Balaban J connectivity index is 1.86. The Morgan fingerprint density at radius 3 is 2.59 bits per heavy atom. The van der Waals surface area contributed by atoms with Crippen LogP contribution >= 0.6 is 15.9 Å². The highest BCUT2D eigenvalue weighted by Gasteiger charge is 2.16. The number of aromatic nitrogens is 2. The normalized spacial score (nSPS) is 11.0. The van der Waals surface area contributed by atoms with Gasteiger partial charge in [0, 0.05) is 28.7 Å². The number of benzene rings is 2. The molecule has 6 heteroatoms. The van der Waals surface area contributed by atoms with Crippen LogP contribution in [0.4, 0.5) is 5.82 Å². The number of hydrogen-bond donors (Lipinski definition) is 1. The molecule has 0 aliphatic rings. The van der Waals surface area contributed by atoms with Crippen LogP contribution < -0.4 is 10.1 Å². The molecule has 0 radical (unpaired) electrons. The number of para-hydroxylation sites is 1. The van der Waals surface area contributed by atoms with Crippen LogP contribution in [-0.4, -0.2) is 22.8 Å². The van der Waals surface area contributed by atoms with Crippen molar-refractivity contribution in [3.05, 3.63) is 70.3 Å². The molecule has 1 N–H and O–H groups in total. The minimum atomic E-state index is -0.234. The van der Waals surface area contributed by atoms with Gasteiger partial charge in [-0.05, 0) is 36.8 Å². The van der Waals surface area contributed by atoms with Crippen LogP contribution in [0, 0.1) is 6.92 Å². The zero-order valence-corrected chi connectivity index (χ0v) is 16.9. The lowest BCUT2D eigenvalue weighted by molar-refractivity contribution is -0.111. The van der Waals surface area contributed by atoms with E-state index < -0.39 is 0 Å². The summed E-state index contributed by atoms with van der Waals surface area (Å²) in [5.41, 5.74) is 3.59. The quantitative estimate of drug-likeness (QED) is 0.596. The van der Waals surface area contributed by atoms with Crippen molar-refractivity contribution in [2.75, 3.05) is 12.4 Å². The second-order valence-electron chi connectivity index (χ2n) is 6.00. The summed E-state index contributed by atoms with van der Waals surface area (Å²) in [6.07, 6.45) is 3.22. The second-order valence-corrected chi connectivity index (χ2v) is 6.92. The molecule has 138 valence electrons. The molecule has 1 aromatic heterocycles. The van der Waals surface area contributed by atoms with Gasteiger partial charge in [0.25, 0.3) is 0 Å². The van der Waals surface area contributed by atoms with Gasteiger partial charge in [-0.1, -0.05) is 46.3 Å². The molecule has 1 heterocycles. The summed E-state index contributed by atoms with van der Waals surface area (Å²) in [5.74, 6) is 1.14. The van der Waals surface area contributed by atoms with Crippen molar-refractivity contribution >= 4 is 33.7 Å². The number of rotatable bonds is 5. The Hall–Kier alpha value is -2.86. The summed E-state index contributed by atoms with van der Waals surface area (Å²) < 4.78 is 7.98. The zero-order valence-electron chi connectivity index (χ0n) is 15.4. The number of nitrogens with one attached hydrogen (secondary N) is 1. The monoisotopic (exact) mass is 425 g/mol. The standard InChI is InChI=1S/C21H20BrN3O2/c1-14-20(16-8-11-17(22)12-9-16)21(25(2)24-14)23-19(26)13-10-15-6-4-5-7-18(15)27-3/h4-13H,1-3H3,(H,23,26)/b13-10+. The molecule has 0 aliphatic heterocycles. The van der Waals surface area contributed by atoms with Gasteiger partial charge in [-0.2, -0.15) is 5.10 Å². The molecule has 0 saturated heterocycles. The van der Waals surface area contributed by atoms with E-state index in [0.717, 1.165) is 26.9 Å². The Kier molecular flexibility index (Phi) is 5.76. The summed E-state index contributed by atoms with van der Waals surface area (Å²) >= 11 is 3.45. The first-order valence-electron chi connectivity index (χ1n) is 8.41. The van der Waals surface area contributed by atoms with E-state index in [9.17, 15) is 4.79 Å². The van der Waals surface area contributed by atoms with E-state index in [0.29, 0.717) is 11.6 Å². The molecule has 27 heavy (non-hydrogen) atoms. The van der Waals surface area contributed by atoms with Gasteiger partial charge < -0.3 is 10.1 Å². The number of aryl methyl sites for hydroxylation is 2. The molecule has 3 aromatic rings. The fraction of sp³-hybridized carbons (Fsp3) is 0.143. The van der Waals surface area contributed by atoms with E-state index in [1.54, 1.807) is 17.9 Å². The number of methoxy groups -OCH3 is 1. The fourth-order valence-electron chi connectivity index (χ4n) is 2.89. The largest absolute Gasteiger partial charge is 0.496 e. The van der Waals surface area contributed by atoms with Gasteiger partial charge in [0.1, 0.15) is 11.6 Å². The highest BCUT2D eigenvalue weighted by molar-refractivity contribution is 9.10. The maximum Gasteiger partial charge on any atom is 0.249 e. The van der Waals surface area contributed by atoms with Crippen LogP contribution in [0.3, 0.4) is 0 Å². The van der Waals surface area contributed by atoms with Crippen molar-refractivity contribution in [1.29, 1.82) is 0 Å². The molecule has 0 saturated carbocycles. The molecule has 3 rings (SSSR count). The maximum absolute atomic E-state index is 12.5. The number of carbonyl (C=O) groups excluding carboxylic acids is 1. The van der Waals surface area contributed by atoms with Crippen molar-refractivity contribution in [2.24, 2.45) is 7.05 Å². The van der Waals surface area contributed by atoms with Gasteiger partial charge in [-0.3, -0.25) is 9.48 Å². The van der Waals surface area contributed by atoms with Gasteiger partial charge in [-0.15, -0.1) is 0 Å². The molecule has 2 aromatic carbocycles. The average Bonchev–Trinajstić information content (AvgIpc) is 2.94. The minimum absolute atomic E-state index is 0.234. The Bertz CT molecular complexity index is 991. The number of ether oxygens (including phenoxy) is 1. The average molecular weight is 426 g/mol. The smallest absolute Gasteiger partial charge is 0.249 e. The molecule has 1 amide bonds. The first-order valence-corrected chi connectivity index (χ1v) is 9.20. The third-order valence-corrected chi connectivity index (χ3v) is 4.68. The first kappa shape index (κ1) is 18.9. The van der Waals surface area contributed by atoms with Gasteiger partial charge in [0.05, 0.1) is 12.8 Å². The summed E-state index contributed by atoms with van der Waals surface area (Å²) in [7, 11) is 3.42.